The Labute approximate surface area is 161 Å². The maximum absolute atomic E-state index is 12.2. The van der Waals surface area contributed by atoms with Gasteiger partial charge in [-0.2, -0.15) is 10.1 Å². The van der Waals surface area contributed by atoms with Gasteiger partial charge in [-0.15, -0.1) is 0 Å². The maximum atomic E-state index is 12.2. The van der Waals surface area contributed by atoms with E-state index in [0.29, 0.717) is 29.3 Å². The van der Waals surface area contributed by atoms with Crippen molar-refractivity contribution in [2.75, 3.05) is 18.5 Å². The van der Waals surface area contributed by atoms with E-state index in [-0.39, 0.29) is 13.0 Å². The van der Waals surface area contributed by atoms with E-state index in [1.807, 2.05) is 13.8 Å². The second-order valence-electron chi connectivity index (χ2n) is 6.08. The summed E-state index contributed by atoms with van der Waals surface area (Å²) in [6.45, 7) is 5.72. The Hall–Kier alpha value is -3.49. The lowest BCUT2D eigenvalue weighted by Gasteiger charge is -2.11. The molecule has 0 saturated heterocycles. The molecule has 0 aliphatic carbocycles. The molecule has 0 saturated carbocycles. The summed E-state index contributed by atoms with van der Waals surface area (Å²) in [4.78, 5) is 32.5. The van der Waals surface area contributed by atoms with Crippen molar-refractivity contribution in [2.45, 2.75) is 27.2 Å². The second kappa shape index (κ2) is 8.47. The number of nitrogens with one attached hydrogen (secondary N) is 1. The molecule has 0 bridgehead atoms. The summed E-state index contributed by atoms with van der Waals surface area (Å²) in [5.74, 6) is 0.252. The van der Waals surface area contributed by atoms with Crippen LogP contribution < -0.4 is 10.1 Å². The summed E-state index contributed by atoms with van der Waals surface area (Å²) in [7, 11) is 0. The molecule has 0 aliphatic heterocycles. The normalized spacial score (nSPS) is 10.7. The molecule has 9 nitrogen and oxygen atoms in total. The molecule has 2 aromatic heterocycles. The van der Waals surface area contributed by atoms with Crippen LogP contribution >= 0.6 is 0 Å². The zero-order valence-corrected chi connectivity index (χ0v) is 15.9. The number of fused-ring (bicyclic) bond motifs is 1. The lowest BCUT2D eigenvalue weighted by atomic mass is 10.1. The summed E-state index contributed by atoms with van der Waals surface area (Å²) >= 11 is 0. The maximum Gasteiger partial charge on any atom is 0.310 e. The summed E-state index contributed by atoms with van der Waals surface area (Å²) in [5, 5.41) is 6.75. The lowest BCUT2D eigenvalue weighted by Crippen LogP contribution is -2.22. The van der Waals surface area contributed by atoms with E-state index in [2.05, 4.69) is 20.4 Å². The largest absolute Gasteiger partial charge is 0.494 e. The van der Waals surface area contributed by atoms with E-state index in [1.165, 1.54) is 6.33 Å². The van der Waals surface area contributed by atoms with E-state index >= 15 is 0 Å². The van der Waals surface area contributed by atoms with E-state index in [9.17, 15) is 9.59 Å². The Kier molecular flexibility index (Phi) is 5.83. The quantitative estimate of drug-likeness (QED) is 0.621. The highest BCUT2D eigenvalue weighted by Gasteiger charge is 2.16. The molecule has 0 radical (unpaired) electrons. The molecule has 9 heteroatoms. The number of carbonyl (C=O) groups is 2. The minimum Gasteiger partial charge on any atom is -0.494 e. The summed E-state index contributed by atoms with van der Waals surface area (Å²) < 4.78 is 12.0. The number of ether oxygens (including phenoxy) is 2. The first-order chi connectivity index (χ1) is 13.5. The molecule has 28 heavy (non-hydrogen) atoms. The van der Waals surface area contributed by atoms with Crippen molar-refractivity contribution < 1.29 is 19.1 Å². The van der Waals surface area contributed by atoms with Gasteiger partial charge in [0.1, 0.15) is 12.1 Å². The van der Waals surface area contributed by atoms with Gasteiger partial charge in [0.05, 0.1) is 13.0 Å². The number of aromatic nitrogens is 4. The average Bonchev–Trinajstić information content (AvgIpc) is 3.14. The fourth-order valence-corrected chi connectivity index (χ4v) is 2.75. The number of rotatable bonds is 7. The smallest absolute Gasteiger partial charge is 0.310 e. The molecule has 146 valence electrons. The van der Waals surface area contributed by atoms with Crippen molar-refractivity contribution >= 4 is 23.3 Å². The fraction of sp³-hybridized carbons (Fsp3) is 0.316. The van der Waals surface area contributed by atoms with Crippen molar-refractivity contribution in [3.8, 4) is 5.75 Å². The third-order valence-corrected chi connectivity index (χ3v) is 4.12. The minimum atomic E-state index is -0.519. The van der Waals surface area contributed by atoms with Gasteiger partial charge in [0.2, 0.25) is 0 Å². The van der Waals surface area contributed by atoms with Crippen molar-refractivity contribution in [3.63, 3.8) is 0 Å². The van der Waals surface area contributed by atoms with Crippen LogP contribution in [-0.4, -0.2) is 44.7 Å². The van der Waals surface area contributed by atoms with Gasteiger partial charge in [0.25, 0.3) is 11.7 Å². The van der Waals surface area contributed by atoms with Crippen molar-refractivity contribution in [3.05, 3.63) is 47.5 Å². The van der Waals surface area contributed by atoms with Gasteiger partial charge in [-0.25, -0.2) is 9.50 Å². The van der Waals surface area contributed by atoms with Gasteiger partial charge in [0.15, 0.2) is 6.61 Å². The summed E-state index contributed by atoms with van der Waals surface area (Å²) in [6, 6.07) is 6.95. The van der Waals surface area contributed by atoms with Crippen molar-refractivity contribution in [2.24, 2.45) is 0 Å². The molecule has 0 atom stereocenters. The zero-order valence-electron chi connectivity index (χ0n) is 15.9. The first-order valence-electron chi connectivity index (χ1n) is 8.82. The molecule has 1 amide bonds. The third kappa shape index (κ3) is 4.43. The average molecular weight is 383 g/mol. The summed E-state index contributed by atoms with van der Waals surface area (Å²) in [5.41, 5.74) is 2.73. The molecule has 0 fully saturated rings. The number of hydrogen-bond donors (Lipinski definition) is 1. The van der Waals surface area contributed by atoms with Crippen LogP contribution in [0.15, 0.2) is 30.6 Å². The number of carbonyl (C=O) groups excluding carboxylic acids is 2. The second-order valence-corrected chi connectivity index (χ2v) is 6.08. The Morgan fingerprint density at radius 2 is 1.93 bits per heavy atom. The zero-order chi connectivity index (χ0) is 20.1. The molecule has 3 rings (SSSR count). The Balaban J connectivity index is 1.55. The summed E-state index contributed by atoms with van der Waals surface area (Å²) in [6.07, 6.45) is 1.40. The number of benzene rings is 1. The van der Waals surface area contributed by atoms with Crippen LogP contribution in [0, 0.1) is 13.8 Å². The van der Waals surface area contributed by atoms with Gasteiger partial charge in [-0.3, -0.25) is 9.59 Å². The molecular formula is C19H21N5O4. The van der Waals surface area contributed by atoms with E-state index < -0.39 is 11.9 Å². The van der Waals surface area contributed by atoms with E-state index in [1.54, 1.807) is 35.7 Å². The highest BCUT2D eigenvalue weighted by Crippen LogP contribution is 2.16. The molecule has 1 aromatic carbocycles. The van der Waals surface area contributed by atoms with Crippen LogP contribution in [0.25, 0.3) is 5.78 Å². The Morgan fingerprint density at radius 1 is 1.18 bits per heavy atom. The standard InChI is InChI=1S/C19H21N5O4/c1-4-27-15-7-5-14(6-8-15)23-17(25)10-28-18(26)9-16-12(2)22-19-20-11-21-24(19)13(16)3/h5-8,11H,4,9-10H2,1-3H3,(H,23,25). The van der Waals surface area contributed by atoms with Gasteiger partial charge in [-0.1, -0.05) is 0 Å². The van der Waals surface area contributed by atoms with E-state index in [0.717, 1.165) is 11.4 Å². The molecule has 2 heterocycles. The molecule has 0 aliphatic rings. The Morgan fingerprint density at radius 3 is 2.64 bits per heavy atom. The van der Waals surface area contributed by atoms with Crippen LogP contribution in [-0.2, 0) is 20.7 Å². The predicted octanol–water partition coefficient (Wildman–Crippen LogP) is 1.86. The van der Waals surface area contributed by atoms with Crippen molar-refractivity contribution in [1.82, 2.24) is 19.6 Å². The van der Waals surface area contributed by atoms with Gasteiger partial charge >= 0.3 is 5.97 Å². The first-order valence-corrected chi connectivity index (χ1v) is 8.82. The Bertz CT molecular complexity index is 997. The molecule has 0 unspecified atom stereocenters. The van der Waals surface area contributed by atoms with Crippen LogP contribution in [0.1, 0.15) is 23.9 Å². The third-order valence-electron chi connectivity index (χ3n) is 4.12. The van der Waals surface area contributed by atoms with Crippen LogP contribution in [0.3, 0.4) is 0 Å². The monoisotopic (exact) mass is 383 g/mol. The first kappa shape index (κ1) is 19.3. The molecule has 0 spiro atoms. The number of nitrogens with zero attached hydrogens (tertiary/aromatic N) is 4. The van der Waals surface area contributed by atoms with Crippen LogP contribution in [0.4, 0.5) is 5.69 Å². The highest BCUT2D eigenvalue weighted by atomic mass is 16.5. The molecule has 3 aromatic rings. The van der Waals surface area contributed by atoms with Gasteiger partial charge in [0, 0.05) is 22.6 Å². The predicted molar refractivity (Wildman–Crippen MR) is 101 cm³/mol. The minimum absolute atomic E-state index is 0.00317. The topological polar surface area (TPSA) is 108 Å². The number of hydrogen-bond acceptors (Lipinski definition) is 7. The fourth-order valence-electron chi connectivity index (χ4n) is 2.75. The number of aryl methyl sites for hydroxylation is 2. The van der Waals surface area contributed by atoms with Gasteiger partial charge < -0.3 is 14.8 Å². The lowest BCUT2D eigenvalue weighted by molar-refractivity contribution is -0.146. The SMILES string of the molecule is CCOc1ccc(NC(=O)COC(=O)Cc2c(C)nc3ncnn3c2C)cc1. The number of amides is 1. The highest BCUT2D eigenvalue weighted by molar-refractivity contribution is 5.92. The van der Waals surface area contributed by atoms with Crippen LogP contribution in [0.5, 0.6) is 5.75 Å². The molecular weight excluding hydrogens is 362 g/mol. The number of anilines is 1. The van der Waals surface area contributed by atoms with E-state index in [4.69, 9.17) is 9.47 Å². The van der Waals surface area contributed by atoms with Crippen LogP contribution in [0.2, 0.25) is 0 Å². The van der Waals surface area contributed by atoms with Crippen molar-refractivity contribution in [1.29, 1.82) is 0 Å². The number of esters is 1. The van der Waals surface area contributed by atoms with Gasteiger partial charge in [-0.05, 0) is 45.0 Å². The molecule has 1 N–H and O–H groups in total.